The first-order valence-corrected chi connectivity index (χ1v) is 8.87. The maximum absolute atomic E-state index is 12.6. The van der Waals surface area contributed by atoms with E-state index < -0.39 is 16.4 Å². The average Bonchev–Trinajstić information content (AvgIpc) is 2.84. The Labute approximate surface area is 160 Å². The molecule has 2 aromatic rings. The van der Waals surface area contributed by atoms with Gasteiger partial charge in [-0.1, -0.05) is 52.0 Å². The summed E-state index contributed by atoms with van der Waals surface area (Å²) in [5.74, 6) is -0.990. The van der Waals surface area contributed by atoms with Gasteiger partial charge in [-0.25, -0.2) is 0 Å². The van der Waals surface area contributed by atoms with Crippen LogP contribution in [0.4, 0.5) is 11.4 Å². The van der Waals surface area contributed by atoms with E-state index in [1.165, 1.54) is 17.0 Å². The summed E-state index contributed by atoms with van der Waals surface area (Å²) in [4.78, 5) is 24.5. The molecule has 1 aliphatic heterocycles. The van der Waals surface area contributed by atoms with E-state index in [0.29, 0.717) is 20.5 Å². The summed E-state index contributed by atoms with van der Waals surface area (Å²) in [5.41, 5.74) is 0.495. The third-order valence-electron chi connectivity index (χ3n) is 3.36. The maximum Gasteiger partial charge on any atom is 0.270 e. The second-order valence-electron chi connectivity index (χ2n) is 4.98. The Balaban J connectivity index is 1.94. The first kappa shape index (κ1) is 17.6. The first-order chi connectivity index (χ1) is 11.9. The fourth-order valence-corrected chi connectivity index (χ4v) is 3.76. The van der Waals surface area contributed by atoms with Crippen molar-refractivity contribution in [2.75, 3.05) is 4.90 Å². The molecule has 2 aromatic carbocycles. The number of nitro groups is 1. The number of carbonyl (C=O) groups is 1. The number of halogens is 1. The Hall–Kier alpha value is -2.23. The lowest BCUT2D eigenvalue weighted by atomic mass is 10.1. The Bertz CT molecular complexity index is 928. The van der Waals surface area contributed by atoms with Crippen molar-refractivity contribution in [2.45, 2.75) is 0 Å². The minimum Gasteiger partial charge on any atom is -0.868 e. The molecule has 6 nitrogen and oxygen atoms in total. The topological polar surface area (TPSA) is 86.5 Å². The van der Waals surface area contributed by atoms with Crippen LogP contribution in [-0.2, 0) is 4.79 Å². The van der Waals surface area contributed by atoms with Gasteiger partial charge in [-0.3, -0.25) is 19.8 Å². The molecule has 1 amide bonds. The van der Waals surface area contributed by atoms with Crippen molar-refractivity contribution in [3.8, 4) is 5.75 Å². The molecule has 0 spiro atoms. The van der Waals surface area contributed by atoms with E-state index in [0.717, 1.165) is 28.4 Å². The number of hydrogen-bond donors (Lipinski definition) is 0. The standard InChI is InChI=1S/C16H9BrN2O4S2/c17-10-2-4-11(5-3-10)18-15(21)14(25-16(18)24)8-9-1-6-13(20)12(7-9)19(22)23/h1-8,20H/p-1/b14-8+. The van der Waals surface area contributed by atoms with Gasteiger partial charge >= 0.3 is 0 Å². The number of carbonyl (C=O) groups excluding carboxylic acids is 1. The average molecular weight is 436 g/mol. The van der Waals surface area contributed by atoms with Gasteiger partial charge in [-0.2, -0.15) is 0 Å². The molecule has 0 aromatic heterocycles. The zero-order valence-corrected chi connectivity index (χ0v) is 15.6. The van der Waals surface area contributed by atoms with Crippen molar-refractivity contribution in [3.63, 3.8) is 0 Å². The third kappa shape index (κ3) is 3.58. The van der Waals surface area contributed by atoms with Crippen LogP contribution in [0.3, 0.4) is 0 Å². The lowest BCUT2D eigenvalue weighted by Gasteiger charge is -2.14. The summed E-state index contributed by atoms with van der Waals surface area (Å²) in [6.07, 6.45) is 1.49. The Morgan fingerprint density at radius 3 is 2.52 bits per heavy atom. The fourth-order valence-electron chi connectivity index (χ4n) is 2.20. The van der Waals surface area contributed by atoms with Crippen molar-refractivity contribution in [1.82, 2.24) is 0 Å². The van der Waals surface area contributed by atoms with Crippen LogP contribution in [0, 0.1) is 10.1 Å². The smallest absolute Gasteiger partial charge is 0.270 e. The summed E-state index contributed by atoms with van der Waals surface area (Å²) in [6.45, 7) is 0. The molecule has 126 valence electrons. The second-order valence-corrected chi connectivity index (χ2v) is 7.57. The van der Waals surface area contributed by atoms with Gasteiger partial charge in [-0.05, 0) is 41.7 Å². The van der Waals surface area contributed by atoms with E-state index in [-0.39, 0.29) is 5.91 Å². The van der Waals surface area contributed by atoms with E-state index in [9.17, 15) is 20.0 Å². The molecule has 9 heteroatoms. The van der Waals surface area contributed by atoms with E-state index in [1.807, 2.05) is 0 Å². The lowest BCUT2D eigenvalue weighted by molar-refractivity contribution is -0.398. The molecule has 0 unspecified atom stereocenters. The van der Waals surface area contributed by atoms with E-state index in [4.69, 9.17) is 12.2 Å². The molecule has 0 aliphatic carbocycles. The van der Waals surface area contributed by atoms with E-state index in [2.05, 4.69) is 15.9 Å². The largest absolute Gasteiger partial charge is 0.868 e. The molecule has 0 bridgehead atoms. The van der Waals surface area contributed by atoms with Crippen molar-refractivity contribution in [3.05, 3.63) is 67.5 Å². The highest BCUT2D eigenvalue weighted by Crippen LogP contribution is 2.37. The van der Waals surface area contributed by atoms with Gasteiger partial charge in [0.1, 0.15) is 0 Å². The molecule has 0 saturated carbocycles. The number of anilines is 1. The molecular formula is C16H8BrN2O4S2-. The summed E-state index contributed by atoms with van der Waals surface area (Å²) in [5, 5.41) is 22.3. The van der Waals surface area contributed by atoms with Gasteiger partial charge in [-0.15, -0.1) is 0 Å². The molecule has 1 heterocycles. The van der Waals surface area contributed by atoms with Crippen molar-refractivity contribution in [1.29, 1.82) is 0 Å². The number of nitro benzene ring substituents is 1. The minimum absolute atomic E-state index is 0.314. The Kier molecular flexibility index (Phi) is 4.89. The number of thiocarbonyl (C=S) groups is 1. The third-order valence-corrected chi connectivity index (χ3v) is 5.19. The Morgan fingerprint density at radius 2 is 1.88 bits per heavy atom. The van der Waals surface area contributed by atoms with E-state index >= 15 is 0 Å². The minimum atomic E-state index is -0.743. The molecule has 0 atom stereocenters. The van der Waals surface area contributed by atoms with Crippen LogP contribution in [-0.4, -0.2) is 15.2 Å². The van der Waals surface area contributed by atoms with Crippen molar-refractivity contribution < 1.29 is 14.8 Å². The van der Waals surface area contributed by atoms with Crippen LogP contribution in [0.15, 0.2) is 51.8 Å². The van der Waals surface area contributed by atoms with Crippen LogP contribution >= 0.6 is 39.9 Å². The highest BCUT2D eigenvalue weighted by molar-refractivity contribution is 9.10. The number of benzene rings is 2. The molecule has 25 heavy (non-hydrogen) atoms. The summed E-state index contributed by atoms with van der Waals surface area (Å²) >= 11 is 9.71. The molecule has 1 saturated heterocycles. The highest BCUT2D eigenvalue weighted by atomic mass is 79.9. The van der Waals surface area contributed by atoms with Crippen LogP contribution in [0.2, 0.25) is 0 Å². The predicted molar refractivity (Wildman–Crippen MR) is 102 cm³/mol. The normalized spacial score (nSPS) is 15.9. The number of nitrogens with zero attached hydrogens (tertiary/aromatic N) is 2. The van der Waals surface area contributed by atoms with Crippen LogP contribution in [0.25, 0.3) is 6.08 Å². The number of amides is 1. The van der Waals surface area contributed by atoms with Crippen LogP contribution < -0.4 is 10.0 Å². The number of hydrogen-bond acceptors (Lipinski definition) is 6. The van der Waals surface area contributed by atoms with Crippen molar-refractivity contribution >= 4 is 67.6 Å². The van der Waals surface area contributed by atoms with Gasteiger partial charge in [0.2, 0.25) is 0 Å². The lowest BCUT2D eigenvalue weighted by Crippen LogP contribution is -2.27. The summed E-state index contributed by atoms with van der Waals surface area (Å²) < 4.78 is 1.25. The van der Waals surface area contributed by atoms with Gasteiger partial charge in [0.25, 0.3) is 11.6 Å². The highest BCUT2D eigenvalue weighted by Gasteiger charge is 2.33. The number of thioether (sulfide) groups is 1. The van der Waals surface area contributed by atoms with Crippen LogP contribution in [0.1, 0.15) is 5.56 Å². The predicted octanol–water partition coefficient (Wildman–Crippen LogP) is 3.84. The van der Waals surface area contributed by atoms with Gasteiger partial charge < -0.3 is 5.11 Å². The zero-order chi connectivity index (χ0) is 18.1. The van der Waals surface area contributed by atoms with Gasteiger partial charge in [0.05, 0.1) is 15.5 Å². The molecule has 3 rings (SSSR count). The zero-order valence-electron chi connectivity index (χ0n) is 12.3. The molecular weight excluding hydrogens is 428 g/mol. The molecule has 0 radical (unpaired) electrons. The van der Waals surface area contributed by atoms with Gasteiger partial charge in [0.15, 0.2) is 4.32 Å². The van der Waals surface area contributed by atoms with Gasteiger partial charge in [0, 0.05) is 10.5 Å². The Morgan fingerprint density at radius 1 is 1.20 bits per heavy atom. The molecule has 0 N–H and O–H groups in total. The summed E-state index contributed by atoms with van der Waals surface area (Å²) in [7, 11) is 0. The summed E-state index contributed by atoms with van der Waals surface area (Å²) in [6, 6.07) is 10.8. The second kappa shape index (κ2) is 6.95. The SMILES string of the molecule is O=C1/C(=C\c2ccc([O-])c([N+](=O)[O-])c2)SC(=S)N1c1ccc(Br)cc1. The monoisotopic (exact) mass is 435 g/mol. The maximum atomic E-state index is 12.6. The molecule has 1 aliphatic rings. The number of rotatable bonds is 3. The van der Waals surface area contributed by atoms with Crippen molar-refractivity contribution in [2.24, 2.45) is 0 Å². The first-order valence-electron chi connectivity index (χ1n) is 6.86. The quantitative estimate of drug-likeness (QED) is 0.315. The van der Waals surface area contributed by atoms with Crippen LogP contribution in [0.5, 0.6) is 5.75 Å². The van der Waals surface area contributed by atoms with E-state index in [1.54, 1.807) is 24.3 Å². The fraction of sp³-hybridized carbons (Fsp3) is 0. The molecule has 1 fully saturated rings.